The summed E-state index contributed by atoms with van der Waals surface area (Å²) in [5.41, 5.74) is 0.603. The van der Waals surface area contributed by atoms with Crippen molar-refractivity contribution < 1.29 is 9.50 Å². The Morgan fingerprint density at radius 1 is 1.20 bits per heavy atom. The van der Waals surface area contributed by atoms with E-state index in [9.17, 15) is 9.50 Å². The molecule has 0 radical (unpaired) electrons. The molecular formula is C11H9FN2O. The van der Waals surface area contributed by atoms with Crippen LogP contribution in [0, 0.1) is 5.82 Å². The number of benzene rings is 1. The van der Waals surface area contributed by atoms with E-state index in [2.05, 4.69) is 9.97 Å². The van der Waals surface area contributed by atoms with Gasteiger partial charge in [-0.2, -0.15) is 0 Å². The van der Waals surface area contributed by atoms with Gasteiger partial charge in [-0.05, 0) is 12.1 Å². The SMILES string of the molecule is OC(c1ccncn1)c1ccccc1F. The van der Waals surface area contributed by atoms with Gasteiger partial charge in [-0.15, -0.1) is 0 Å². The molecule has 0 saturated heterocycles. The summed E-state index contributed by atoms with van der Waals surface area (Å²) in [4.78, 5) is 7.60. The second kappa shape index (κ2) is 4.14. The third-order valence-corrected chi connectivity index (χ3v) is 2.08. The van der Waals surface area contributed by atoms with Gasteiger partial charge in [0.05, 0.1) is 5.69 Å². The molecule has 76 valence electrons. The molecule has 0 bridgehead atoms. The van der Waals surface area contributed by atoms with Crippen molar-refractivity contribution in [2.75, 3.05) is 0 Å². The third kappa shape index (κ3) is 1.99. The Labute approximate surface area is 86.3 Å². The molecule has 0 spiro atoms. The normalized spacial score (nSPS) is 12.4. The second-order valence-electron chi connectivity index (χ2n) is 3.06. The maximum atomic E-state index is 13.3. The third-order valence-electron chi connectivity index (χ3n) is 2.08. The summed E-state index contributed by atoms with van der Waals surface area (Å²) in [6.07, 6.45) is 1.78. The molecule has 2 rings (SSSR count). The van der Waals surface area contributed by atoms with Gasteiger partial charge < -0.3 is 5.11 Å². The highest BCUT2D eigenvalue weighted by Crippen LogP contribution is 2.21. The van der Waals surface area contributed by atoms with Gasteiger partial charge in [-0.1, -0.05) is 18.2 Å². The molecule has 0 amide bonds. The van der Waals surface area contributed by atoms with E-state index in [-0.39, 0.29) is 5.56 Å². The summed E-state index contributed by atoms with van der Waals surface area (Å²) in [5.74, 6) is -0.441. The number of aromatic nitrogens is 2. The Hall–Kier alpha value is -1.81. The zero-order chi connectivity index (χ0) is 10.7. The molecule has 1 aromatic heterocycles. The first kappa shape index (κ1) is 9.73. The zero-order valence-corrected chi connectivity index (χ0v) is 7.84. The molecule has 1 atom stereocenters. The predicted molar refractivity (Wildman–Crippen MR) is 52.5 cm³/mol. The molecule has 0 aliphatic heterocycles. The first-order chi connectivity index (χ1) is 7.29. The highest BCUT2D eigenvalue weighted by atomic mass is 19.1. The topological polar surface area (TPSA) is 46.0 Å². The van der Waals surface area contributed by atoms with Crippen LogP contribution in [0.15, 0.2) is 42.9 Å². The minimum absolute atomic E-state index is 0.219. The van der Waals surface area contributed by atoms with Crippen LogP contribution in [0.1, 0.15) is 17.4 Å². The van der Waals surface area contributed by atoms with Crippen LogP contribution >= 0.6 is 0 Å². The maximum absolute atomic E-state index is 13.3. The van der Waals surface area contributed by atoms with E-state index < -0.39 is 11.9 Å². The number of hydrogen-bond donors (Lipinski definition) is 1. The lowest BCUT2D eigenvalue weighted by Gasteiger charge is -2.10. The van der Waals surface area contributed by atoms with Crippen LogP contribution in [0.3, 0.4) is 0 Å². The van der Waals surface area contributed by atoms with Crippen molar-refractivity contribution in [3.63, 3.8) is 0 Å². The number of nitrogens with zero attached hydrogens (tertiary/aromatic N) is 2. The smallest absolute Gasteiger partial charge is 0.129 e. The van der Waals surface area contributed by atoms with Gasteiger partial charge in [0.15, 0.2) is 0 Å². The largest absolute Gasteiger partial charge is 0.382 e. The molecule has 3 nitrogen and oxygen atoms in total. The van der Waals surface area contributed by atoms with Gasteiger partial charge in [0.1, 0.15) is 18.2 Å². The molecule has 0 aliphatic carbocycles. The Morgan fingerprint density at radius 3 is 2.67 bits per heavy atom. The summed E-state index contributed by atoms with van der Waals surface area (Å²) >= 11 is 0. The Morgan fingerprint density at radius 2 is 2.00 bits per heavy atom. The Balaban J connectivity index is 2.37. The number of hydrogen-bond acceptors (Lipinski definition) is 3. The molecule has 2 aromatic rings. The fraction of sp³-hybridized carbons (Fsp3) is 0.0909. The van der Waals surface area contributed by atoms with E-state index >= 15 is 0 Å². The van der Waals surface area contributed by atoms with Crippen LogP contribution < -0.4 is 0 Å². The van der Waals surface area contributed by atoms with Crippen molar-refractivity contribution in [3.05, 3.63) is 59.9 Å². The Kier molecular flexibility index (Phi) is 2.69. The average Bonchev–Trinajstić information content (AvgIpc) is 2.30. The quantitative estimate of drug-likeness (QED) is 0.809. The molecule has 1 N–H and O–H groups in total. The van der Waals surface area contributed by atoms with Crippen LogP contribution in [0.25, 0.3) is 0 Å². The van der Waals surface area contributed by atoms with Crippen molar-refractivity contribution in [1.82, 2.24) is 9.97 Å². The van der Waals surface area contributed by atoms with Gasteiger partial charge in [-0.3, -0.25) is 0 Å². The summed E-state index contributed by atoms with van der Waals surface area (Å²) < 4.78 is 13.3. The lowest BCUT2D eigenvalue weighted by Crippen LogP contribution is -2.04. The van der Waals surface area contributed by atoms with Gasteiger partial charge in [-0.25, -0.2) is 14.4 Å². The number of aliphatic hydroxyl groups is 1. The van der Waals surface area contributed by atoms with Crippen molar-refractivity contribution in [2.45, 2.75) is 6.10 Å². The predicted octanol–water partition coefficient (Wildman–Crippen LogP) is 1.70. The highest BCUT2D eigenvalue weighted by molar-refractivity contribution is 5.26. The summed E-state index contributed by atoms with van der Waals surface area (Å²) in [6.45, 7) is 0. The standard InChI is InChI=1S/C11H9FN2O/c12-9-4-2-1-3-8(9)11(15)10-5-6-13-7-14-10/h1-7,11,15H. The van der Waals surface area contributed by atoms with E-state index in [0.717, 1.165) is 0 Å². The minimum atomic E-state index is -1.05. The monoisotopic (exact) mass is 204 g/mol. The maximum Gasteiger partial charge on any atom is 0.129 e. The van der Waals surface area contributed by atoms with Crippen LogP contribution in [0.5, 0.6) is 0 Å². The Bertz CT molecular complexity index is 447. The summed E-state index contributed by atoms with van der Waals surface area (Å²) in [6, 6.07) is 7.63. The van der Waals surface area contributed by atoms with Crippen LogP contribution in [-0.4, -0.2) is 15.1 Å². The van der Waals surface area contributed by atoms with E-state index in [4.69, 9.17) is 0 Å². The lowest BCUT2D eigenvalue weighted by atomic mass is 10.1. The van der Waals surface area contributed by atoms with Crippen LogP contribution in [0.2, 0.25) is 0 Å². The molecule has 0 fully saturated rings. The average molecular weight is 204 g/mol. The fourth-order valence-corrected chi connectivity index (χ4v) is 1.32. The van der Waals surface area contributed by atoms with E-state index in [0.29, 0.717) is 5.69 Å². The van der Waals surface area contributed by atoms with Crippen LogP contribution in [-0.2, 0) is 0 Å². The first-order valence-electron chi connectivity index (χ1n) is 4.47. The van der Waals surface area contributed by atoms with Crippen LogP contribution in [0.4, 0.5) is 4.39 Å². The molecule has 4 heteroatoms. The minimum Gasteiger partial charge on any atom is -0.382 e. The molecular weight excluding hydrogens is 195 g/mol. The molecule has 1 unspecified atom stereocenters. The number of halogens is 1. The zero-order valence-electron chi connectivity index (χ0n) is 7.84. The molecule has 0 aliphatic rings. The molecule has 1 heterocycles. The first-order valence-corrected chi connectivity index (χ1v) is 4.47. The molecule has 0 saturated carbocycles. The number of aliphatic hydroxyl groups excluding tert-OH is 1. The van der Waals surface area contributed by atoms with E-state index in [1.54, 1.807) is 18.2 Å². The second-order valence-corrected chi connectivity index (χ2v) is 3.06. The molecule has 15 heavy (non-hydrogen) atoms. The van der Waals surface area contributed by atoms with Crippen molar-refractivity contribution in [1.29, 1.82) is 0 Å². The fourth-order valence-electron chi connectivity index (χ4n) is 1.32. The van der Waals surface area contributed by atoms with Crippen molar-refractivity contribution in [2.24, 2.45) is 0 Å². The van der Waals surface area contributed by atoms with Gasteiger partial charge >= 0.3 is 0 Å². The van der Waals surface area contributed by atoms with Gasteiger partial charge in [0, 0.05) is 11.8 Å². The van der Waals surface area contributed by atoms with E-state index in [1.807, 2.05) is 0 Å². The number of rotatable bonds is 2. The van der Waals surface area contributed by atoms with E-state index in [1.165, 1.54) is 24.7 Å². The summed E-state index contributed by atoms with van der Waals surface area (Å²) in [7, 11) is 0. The lowest BCUT2D eigenvalue weighted by molar-refractivity contribution is 0.210. The molecule has 1 aromatic carbocycles. The van der Waals surface area contributed by atoms with Gasteiger partial charge in [0.25, 0.3) is 0 Å². The van der Waals surface area contributed by atoms with Crippen molar-refractivity contribution >= 4 is 0 Å². The van der Waals surface area contributed by atoms with Crippen molar-refractivity contribution in [3.8, 4) is 0 Å². The highest BCUT2D eigenvalue weighted by Gasteiger charge is 2.14. The van der Waals surface area contributed by atoms with Gasteiger partial charge in [0.2, 0.25) is 0 Å². The summed E-state index contributed by atoms with van der Waals surface area (Å²) in [5, 5.41) is 9.84.